The van der Waals surface area contributed by atoms with Crippen molar-refractivity contribution < 1.29 is 13.2 Å². The number of nitrogens with one attached hydrogen (secondary N) is 1. The van der Waals surface area contributed by atoms with E-state index in [-0.39, 0.29) is 11.8 Å². The van der Waals surface area contributed by atoms with E-state index in [9.17, 15) is 13.2 Å². The minimum Gasteiger partial charge on any atom is -0.350 e. The van der Waals surface area contributed by atoms with E-state index >= 15 is 0 Å². The van der Waals surface area contributed by atoms with Crippen molar-refractivity contribution in [3.8, 4) is 10.6 Å². The van der Waals surface area contributed by atoms with Gasteiger partial charge < -0.3 is 5.32 Å². The van der Waals surface area contributed by atoms with Crippen molar-refractivity contribution in [2.45, 2.75) is 44.6 Å². The van der Waals surface area contributed by atoms with E-state index in [1.807, 2.05) is 47.8 Å². The van der Waals surface area contributed by atoms with Crippen molar-refractivity contribution in [3.05, 3.63) is 71.2 Å². The maximum Gasteiger partial charge on any atom is 0.243 e. The highest BCUT2D eigenvalue weighted by Gasteiger charge is 2.32. The maximum atomic E-state index is 13.0. The molecule has 8 heteroatoms. The first kappa shape index (κ1) is 24.6. The van der Waals surface area contributed by atoms with Crippen LogP contribution in [0.4, 0.5) is 0 Å². The molecule has 0 aliphatic carbocycles. The number of aromatic nitrogens is 1. The van der Waals surface area contributed by atoms with Crippen LogP contribution >= 0.6 is 11.3 Å². The number of thiazole rings is 1. The number of carbonyl (C=O) groups excluding carboxylic acids is 1. The molecule has 1 aliphatic rings. The zero-order chi connectivity index (χ0) is 24.1. The molecule has 0 bridgehead atoms. The number of piperidine rings is 1. The fraction of sp³-hybridized carbons (Fsp3) is 0.385. The molecule has 1 aliphatic heterocycles. The summed E-state index contributed by atoms with van der Waals surface area (Å²) in [6.45, 7) is 5.36. The van der Waals surface area contributed by atoms with Crippen molar-refractivity contribution in [2.24, 2.45) is 11.8 Å². The van der Waals surface area contributed by atoms with Gasteiger partial charge in [-0.3, -0.25) is 4.79 Å². The largest absolute Gasteiger partial charge is 0.350 e. The summed E-state index contributed by atoms with van der Waals surface area (Å²) in [6.07, 6.45) is 1.96. The summed E-state index contributed by atoms with van der Waals surface area (Å²) in [5.41, 5.74) is 3.03. The molecule has 2 aromatic carbocycles. The molecule has 1 aromatic heterocycles. The highest BCUT2D eigenvalue weighted by molar-refractivity contribution is 7.89. The summed E-state index contributed by atoms with van der Waals surface area (Å²) in [5, 5.41) is 5.87. The Morgan fingerprint density at radius 1 is 1.09 bits per heavy atom. The second kappa shape index (κ2) is 10.8. The van der Waals surface area contributed by atoms with Gasteiger partial charge >= 0.3 is 0 Å². The average Bonchev–Trinajstić information content (AvgIpc) is 3.32. The van der Waals surface area contributed by atoms with E-state index in [4.69, 9.17) is 0 Å². The highest BCUT2D eigenvalue weighted by Crippen LogP contribution is 2.26. The third-order valence-corrected chi connectivity index (χ3v) is 8.90. The Morgan fingerprint density at radius 3 is 2.41 bits per heavy atom. The van der Waals surface area contributed by atoms with Gasteiger partial charge in [0, 0.05) is 30.0 Å². The van der Waals surface area contributed by atoms with Gasteiger partial charge in [0.05, 0.1) is 17.1 Å². The van der Waals surface area contributed by atoms with Gasteiger partial charge in [-0.2, -0.15) is 4.31 Å². The van der Waals surface area contributed by atoms with Crippen LogP contribution in [0.15, 0.2) is 64.9 Å². The highest BCUT2D eigenvalue weighted by atomic mass is 32.2. The van der Waals surface area contributed by atoms with Crippen LogP contribution in [0.25, 0.3) is 10.6 Å². The third-order valence-electron chi connectivity index (χ3n) is 6.05. The summed E-state index contributed by atoms with van der Waals surface area (Å²) in [5.74, 6) is 0.297. The van der Waals surface area contributed by atoms with E-state index in [2.05, 4.69) is 24.1 Å². The van der Waals surface area contributed by atoms with Gasteiger partial charge in [0.15, 0.2) is 0 Å². The molecule has 180 valence electrons. The molecule has 34 heavy (non-hydrogen) atoms. The third kappa shape index (κ3) is 5.92. The molecule has 0 unspecified atom stereocenters. The number of rotatable bonds is 8. The van der Waals surface area contributed by atoms with Gasteiger partial charge in [0.25, 0.3) is 0 Å². The Morgan fingerprint density at radius 2 is 1.76 bits per heavy atom. The van der Waals surface area contributed by atoms with Gasteiger partial charge in [0.2, 0.25) is 15.9 Å². The SMILES string of the molecule is CC(C)Cc1ccc(S(=O)(=O)N2CCC(C(=O)NCc3csc(-c4ccccc4)n3)CC2)cc1. The molecule has 0 saturated carbocycles. The lowest BCUT2D eigenvalue weighted by molar-refractivity contribution is -0.126. The van der Waals surface area contributed by atoms with Gasteiger partial charge in [0.1, 0.15) is 5.01 Å². The molecule has 0 atom stereocenters. The average molecular weight is 498 g/mol. The van der Waals surface area contributed by atoms with E-state index in [0.29, 0.717) is 43.3 Å². The molecule has 4 rings (SSSR count). The molecule has 1 N–H and O–H groups in total. The summed E-state index contributed by atoms with van der Waals surface area (Å²) < 4.78 is 27.6. The van der Waals surface area contributed by atoms with Crippen molar-refractivity contribution >= 4 is 27.3 Å². The molecular formula is C26H31N3O3S2. The van der Waals surface area contributed by atoms with Crippen molar-refractivity contribution in [1.29, 1.82) is 0 Å². The lowest BCUT2D eigenvalue weighted by Crippen LogP contribution is -2.42. The van der Waals surface area contributed by atoms with Gasteiger partial charge in [-0.15, -0.1) is 11.3 Å². The normalized spacial score (nSPS) is 15.5. The standard InChI is InChI=1S/C26H31N3O3S2/c1-19(2)16-20-8-10-24(11-9-20)34(31,32)29-14-12-21(13-15-29)25(30)27-17-23-18-33-26(28-23)22-6-4-3-5-7-22/h3-11,18-19,21H,12-17H2,1-2H3,(H,27,30). The van der Waals surface area contributed by atoms with Crippen LogP contribution in [0.1, 0.15) is 37.9 Å². The second-order valence-corrected chi connectivity index (χ2v) is 11.9. The van der Waals surface area contributed by atoms with Gasteiger partial charge in [-0.05, 0) is 42.9 Å². The number of hydrogen-bond acceptors (Lipinski definition) is 5. The summed E-state index contributed by atoms with van der Waals surface area (Å²) >= 11 is 1.56. The first-order valence-corrected chi connectivity index (χ1v) is 14.0. The summed E-state index contributed by atoms with van der Waals surface area (Å²) in [4.78, 5) is 17.6. The van der Waals surface area contributed by atoms with Crippen LogP contribution in [0, 0.1) is 11.8 Å². The minimum absolute atomic E-state index is 0.0376. The van der Waals surface area contributed by atoms with Crippen LogP contribution in [0.3, 0.4) is 0 Å². The zero-order valence-electron chi connectivity index (χ0n) is 19.6. The van der Waals surface area contributed by atoms with E-state index < -0.39 is 10.0 Å². The molecule has 0 spiro atoms. The molecule has 2 heterocycles. The number of carbonyl (C=O) groups is 1. The zero-order valence-corrected chi connectivity index (χ0v) is 21.2. The van der Waals surface area contributed by atoms with Crippen LogP contribution in [0.5, 0.6) is 0 Å². The van der Waals surface area contributed by atoms with E-state index in [1.54, 1.807) is 23.5 Å². The first-order valence-electron chi connectivity index (χ1n) is 11.7. The number of hydrogen-bond donors (Lipinski definition) is 1. The topological polar surface area (TPSA) is 79.4 Å². The lowest BCUT2D eigenvalue weighted by Gasteiger charge is -2.30. The molecule has 0 radical (unpaired) electrons. The monoisotopic (exact) mass is 497 g/mol. The van der Waals surface area contributed by atoms with E-state index in [1.165, 1.54) is 4.31 Å². The molecule has 6 nitrogen and oxygen atoms in total. The number of nitrogens with zero attached hydrogens (tertiary/aromatic N) is 2. The Kier molecular flexibility index (Phi) is 7.80. The Balaban J connectivity index is 1.28. The molecule has 1 amide bonds. The Hall–Kier alpha value is -2.55. The number of benzene rings is 2. The first-order chi connectivity index (χ1) is 16.3. The molecule has 1 saturated heterocycles. The maximum absolute atomic E-state index is 13.0. The molecular weight excluding hydrogens is 466 g/mol. The predicted molar refractivity (Wildman–Crippen MR) is 136 cm³/mol. The minimum atomic E-state index is -3.54. The van der Waals surface area contributed by atoms with Gasteiger partial charge in [-0.1, -0.05) is 56.3 Å². The van der Waals surface area contributed by atoms with Crippen LogP contribution in [0.2, 0.25) is 0 Å². The summed E-state index contributed by atoms with van der Waals surface area (Å²) in [7, 11) is -3.54. The molecule has 1 fully saturated rings. The Bertz CT molecular complexity index is 1200. The number of sulfonamides is 1. The second-order valence-electron chi connectivity index (χ2n) is 9.15. The predicted octanol–water partition coefficient (Wildman–Crippen LogP) is 4.73. The molecule has 3 aromatic rings. The Labute approximate surface area is 206 Å². The van der Waals surface area contributed by atoms with Crippen molar-refractivity contribution in [3.63, 3.8) is 0 Å². The fourth-order valence-corrected chi connectivity index (χ4v) is 6.50. The lowest BCUT2D eigenvalue weighted by atomic mass is 9.97. The smallest absolute Gasteiger partial charge is 0.243 e. The summed E-state index contributed by atoms with van der Waals surface area (Å²) in [6, 6.07) is 17.2. The van der Waals surface area contributed by atoms with Gasteiger partial charge in [-0.25, -0.2) is 13.4 Å². The van der Waals surface area contributed by atoms with Crippen LogP contribution < -0.4 is 5.32 Å². The quantitative estimate of drug-likeness (QED) is 0.488. The van der Waals surface area contributed by atoms with Crippen LogP contribution in [-0.4, -0.2) is 36.7 Å². The van der Waals surface area contributed by atoms with Crippen LogP contribution in [-0.2, 0) is 27.8 Å². The fourth-order valence-electron chi connectivity index (χ4n) is 4.20. The number of amides is 1. The van der Waals surface area contributed by atoms with Crippen molar-refractivity contribution in [1.82, 2.24) is 14.6 Å². The van der Waals surface area contributed by atoms with Crippen molar-refractivity contribution in [2.75, 3.05) is 13.1 Å². The van der Waals surface area contributed by atoms with E-state index in [0.717, 1.165) is 28.2 Å².